The number of rotatable bonds is 4. The van der Waals surface area contributed by atoms with E-state index in [0.29, 0.717) is 11.3 Å². The zero-order chi connectivity index (χ0) is 15.5. The van der Waals surface area contributed by atoms with Crippen molar-refractivity contribution >= 4 is 11.6 Å². The lowest BCUT2D eigenvalue weighted by molar-refractivity contribution is 0.129. The Morgan fingerprint density at radius 1 is 1.24 bits per heavy atom. The number of hydrogen-bond donors (Lipinski definition) is 1. The molecule has 0 aliphatic heterocycles. The summed E-state index contributed by atoms with van der Waals surface area (Å²) in [5.74, 6) is 2.18. The largest absolute Gasteiger partial charge is 0.317 e. The maximum Gasteiger partial charge on any atom is 0.0408 e. The lowest BCUT2D eigenvalue weighted by atomic mass is 9.64. The summed E-state index contributed by atoms with van der Waals surface area (Å²) in [6.07, 6.45) is 3.97. The molecule has 0 bridgehead atoms. The minimum Gasteiger partial charge on any atom is -0.317 e. The van der Waals surface area contributed by atoms with E-state index in [2.05, 4.69) is 51.2 Å². The van der Waals surface area contributed by atoms with Gasteiger partial charge in [0.1, 0.15) is 0 Å². The van der Waals surface area contributed by atoms with Crippen molar-refractivity contribution in [2.45, 2.75) is 52.9 Å². The molecule has 0 radical (unpaired) electrons. The molecule has 0 amide bonds. The molecule has 1 aromatic carbocycles. The van der Waals surface area contributed by atoms with Gasteiger partial charge >= 0.3 is 0 Å². The first-order chi connectivity index (χ1) is 9.91. The highest BCUT2D eigenvalue weighted by molar-refractivity contribution is 6.30. The van der Waals surface area contributed by atoms with Gasteiger partial charge in [-0.15, -0.1) is 0 Å². The van der Waals surface area contributed by atoms with Gasteiger partial charge in [-0.25, -0.2) is 0 Å². The van der Waals surface area contributed by atoms with Crippen LogP contribution in [0.3, 0.4) is 0 Å². The van der Waals surface area contributed by atoms with Crippen LogP contribution in [0, 0.1) is 17.3 Å². The Kier molecular flexibility index (Phi) is 5.73. The number of nitrogens with one attached hydrogen (secondary N) is 1. The third-order valence-corrected chi connectivity index (χ3v) is 5.39. The van der Waals surface area contributed by atoms with E-state index in [1.165, 1.54) is 24.8 Å². The van der Waals surface area contributed by atoms with Gasteiger partial charge < -0.3 is 5.32 Å². The standard InChI is InChI=1S/C19H30ClN/c1-5-21-13-15-9-10-16(19(2,3)4)12-18(15)14-7-6-8-17(20)11-14/h6-8,11,15-16,18,21H,5,9-10,12-13H2,1-4H3. The van der Waals surface area contributed by atoms with Gasteiger partial charge in [0.25, 0.3) is 0 Å². The fourth-order valence-corrected chi connectivity index (χ4v) is 3.94. The topological polar surface area (TPSA) is 12.0 Å². The van der Waals surface area contributed by atoms with Gasteiger partial charge in [0, 0.05) is 5.02 Å². The van der Waals surface area contributed by atoms with Crippen molar-refractivity contribution < 1.29 is 0 Å². The predicted molar refractivity (Wildman–Crippen MR) is 93.0 cm³/mol. The summed E-state index contributed by atoms with van der Waals surface area (Å²) in [5, 5.41) is 4.42. The zero-order valence-electron chi connectivity index (χ0n) is 14.0. The molecule has 2 rings (SSSR count). The molecular weight excluding hydrogens is 278 g/mol. The van der Waals surface area contributed by atoms with E-state index in [4.69, 9.17) is 11.6 Å². The highest BCUT2D eigenvalue weighted by atomic mass is 35.5. The highest BCUT2D eigenvalue weighted by Gasteiger charge is 2.36. The molecule has 118 valence electrons. The van der Waals surface area contributed by atoms with E-state index in [-0.39, 0.29) is 0 Å². The predicted octanol–water partition coefficient (Wildman–Crippen LogP) is 5.50. The zero-order valence-corrected chi connectivity index (χ0v) is 14.7. The molecule has 1 aliphatic rings. The summed E-state index contributed by atoms with van der Waals surface area (Å²) in [6, 6.07) is 8.52. The fourth-order valence-electron chi connectivity index (χ4n) is 3.74. The summed E-state index contributed by atoms with van der Waals surface area (Å²) in [5.41, 5.74) is 1.83. The van der Waals surface area contributed by atoms with Crippen LogP contribution < -0.4 is 5.32 Å². The molecule has 2 heteroatoms. The number of benzene rings is 1. The molecule has 1 aliphatic carbocycles. The van der Waals surface area contributed by atoms with Crippen LogP contribution in [0.2, 0.25) is 5.02 Å². The van der Waals surface area contributed by atoms with Crippen molar-refractivity contribution in [3.05, 3.63) is 34.9 Å². The molecule has 21 heavy (non-hydrogen) atoms. The van der Waals surface area contributed by atoms with Crippen molar-refractivity contribution in [3.8, 4) is 0 Å². The summed E-state index contributed by atoms with van der Waals surface area (Å²) in [6.45, 7) is 11.5. The van der Waals surface area contributed by atoms with Gasteiger partial charge in [-0.2, -0.15) is 0 Å². The van der Waals surface area contributed by atoms with E-state index in [1.807, 2.05) is 6.07 Å². The molecule has 1 N–H and O–H groups in total. The first-order valence-electron chi connectivity index (χ1n) is 8.38. The average Bonchev–Trinajstić information content (AvgIpc) is 2.44. The SMILES string of the molecule is CCNCC1CCC(C(C)(C)C)CC1c1cccc(Cl)c1. The molecule has 3 unspecified atom stereocenters. The third-order valence-electron chi connectivity index (χ3n) is 5.15. The second-order valence-electron chi connectivity index (χ2n) is 7.61. The molecule has 0 saturated heterocycles. The third kappa shape index (κ3) is 4.47. The summed E-state index contributed by atoms with van der Waals surface area (Å²) in [7, 11) is 0. The van der Waals surface area contributed by atoms with Gasteiger partial charge in [0.05, 0.1) is 0 Å². The molecule has 3 atom stereocenters. The molecule has 0 heterocycles. The summed E-state index contributed by atoms with van der Waals surface area (Å²) < 4.78 is 0. The van der Waals surface area contributed by atoms with E-state index in [1.54, 1.807) is 0 Å². The maximum absolute atomic E-state index is 6.23. The first kappa shape index (κ1) is 16.8. The van der Waals surface area contributed by atoms with Gasteiger partial charge in [-0.05, 0) is 73.2 Å². The Labute approximate surface area is 135 Å². The molecular formula is C19H30ClN. The lowest BCUT2D eigenvalue weighted by Crippen LogP contribution is -2.35. The first-order valence-corrected chi connectivity index (χ1v) is 8.75. The second kappa shape index (κ2) is 7.15. The van der Waals surface area contributed by atoms with Crippen LogP contribution in [0.4, 0.5) is 0 Å². The van der Waals surface area contributed by atoms with Crippen molar-refractivity contribution in [3.63, 3.8) is 0 Å². The van der Waals surface area contributed by atoms with Crippen molar-refractivity contribution in [1.82, 2.24) is 5.32 Å². The molecule has 1 aromatic rings. The monoisotopic (exact) mass is 307 g/mol. The van der Waals surface area contributed by atoms with Gasteiger partial charge in [-0.3, -0.25) is 0 Å². The number of hydrogen-bond acceptors (Lipinski definition) is 1. The minimum absolute atomic E-state index is 0.403. The molecule has 0 aromatic heterocycles. The van der Waals surface area contributed by atoms with Crippen molar-refractivity contribution in [2.75, 3.05) is 13.1 Å². The van der Waals surface area contributed by atoms with Crippen LogP contribution in [-0.4, -0.2) is 13.1 Å². The quantitative estimate of drug-likeness (QED) is 0.775. The van der Waals surface area contributed by atoms with E-state index in [9.17, 15) is 0 Å². The highest BCUT2D eigenvalue weighted by Crippen LogP contribution is 2.46. The average molecular weight is 308 g/mol. The van der Waals surface area contributed by atoms with E-state index >= 15 is 0 Å². The Morgan fingerprint density at radius 2 is 2.00 bits per heavy atom. The van der Waals surface area contributed by atoms with Crippen molar-refractivity contribution in [2.24, 2.45) is 17.3 Å². The molecule has 1 nitrogen and oxygen atoms in total. The molecule has 1 fully saturated rings. The minimum atomic E-state index is 0.403. The van der Waals surface area contributed by atoms with Gasteiger partial charge in [-0.1, -0.05) is 51.4 Å². The fraction of sp³-hybridized carbons (Fsp3) is 0.684. The normalized spacial score (nSPS) is 26.8. The molecule has 1 saturated carbocycles. The van der Waals surface area contributed by atoms with Crippen LogP contribution in [-0.2, 0) is 0 Å². The molecule has 0 spiro atoms. The Bertz CT molecular complexity index is 449. The Balaban J connectivity index is 2.20. The van der Waals surface area contributed by atoms with E-state index in [0.717, 1.165) is 29.9 Å². The van der Waals surface area contributed by atoms with Crippen LogP contribution in [0.1, 0.15) is 58.4 Å². The summed E-state index contributed by atoms with van der Waals surface area (Å²) in [4.78, 5) is 0. The van der Waals surface area contributed by atoms with Gasteiger partial charge in [0.15, 0.2) is 0 Å². The summed E-state index contributed by atoms with van der Waals surface area (Å²) >= 11 is 6.23. The van der Waals surface area contributed by atoms with Crippen LogP contribution >= 0.6 is 11.6 Å². The Hall–Kier alpha value is -0.530. The number of halogens is 1. The van der Waals surface area contributed by atoms with Gasteiger partial charge in [0.2, 0.25) is 0 Å². The van der Waals surface area contributed by atoms with Crippen LogP contribution in [0.15, 0.2) is 24.3 Å². The Morgan fingerprint density at radius 3 is 2.62 bits per heavy atom. The lowest BCUT2D eigenvalue weighted by Gasteiger charge is -2.42. The van der Waals surface area contributed by atoms with E-state index < -0.39 is 0 Å². The smallest absolute Gasteiger partial charge is 0.0408 e. The second-order valence-corrected chi connectivity index (χ2v) is 8.04. The van der Waals surface area contributed by atoms with Crippen LogP contribution in [0.5, 0.6) is 0 Å². The van der Waals surface area contributed by atoms with Crippen LogP contribution in [0.25, 0.3) is 0 Å². The maximum atomic E-state index is 6.23. The van der Waals surface area contributed by atoms with Crippen molar-refractivity contribution in [1.29, 1.82) is 0 Å².